The molecule has 5 heteroatoms. The van der Waals surface area contributed by atoms with Gasteiger partial charge in [-0.05, 0) is 12.0 Å². The number of aromatic nitrogens is 2. The SMILES string of the molecule is CC(C)c1c(-c2cccc(Cl)c2Cl)[nH]cnc1=S. The molecule has 1 aromatic heterocycles. The van der Waals surface area contributed by atoms with Crippen molar-refractivity contribution in [3.05, 3.63) is 44.8 Å². The lowest BCUT2D eigenvalue weighted by atomic mass is 9.99. The van der Waals surface area contributed by atoms with Gasteiger partial charge >= 0.3 is 0 Å². The third-order valence-electron chi connectivity index (χ3n) is 2.69. The van der Waals surface area contributed by atoms with E-state index < -0.39 is 0 Å². The van der Waals surface area contributed by atoms with Crippen LogP contribution in [-0.4, -0.2) is 9.97 Å². The molecule has 0 aliphatic carbocycles. The van der Waals surface area contributed by atoms with E-state index in [9.17, 15) is 0 Å². The van der Waals surface area contributed by atoms with E-state index in [1.165, 1.54) is 0 Å². The minimum atomic E-state index is 0.257. The monoisotopic (exact) mass is 298 g/mol. The van der Waals surface area contributed by atoms with Crippen LogP contribution in [0.1, 0.15) is 25.3 Å². The smallest absolute Gasteiger partial charge is 0.133 e. The highest BCUT2D eigenvalue weighted by Crippen LogP contribution is 2.35. The van der Waals surface area contributed by atoms with Gasteiger partial charge in [0.1, 0.15) is 4.64 Å². The second-order valence-electron chi connectivity index (χ2n) is 4.25. The molecule has 0 aliphatic rings. The molecular weight excluding hydrogens is 287 g/mol. The zero-order chi connectivity index (χ0) is 13.3. The molecule has 1 N–H and O–H groups in total. The molecule has 2 aromatic rings. The van der Waals surface area contributed by atoms with E-state index in [1.807, 2.05) is 12.1 Å². The zero-order valence-corrected chi connectivity index (χ0v) is 12.3. The van der Waals surface area contributed by atoms with E-state index in [0.717, 1.165) is 16.8 Å². The van der Waals surface area contributed by atoms with E-state index >= 15 is 0 Å². The van der Waals surface area contributed by atoms with Crippen LogP contribution in [0.5, 0.6) is 0 Å². The summed E-state index contributed by atoms with van der Waals surface area (Å²) in [5.41, 5.74) is 2.72. The predicted molar refractivity (Wildman–Crippen MR) is 79.0 cm³/mol. The van der Waals surface area contributed by atoms with Gasteiger partial charge in [-0.3, -0.25) is 0 Å². The molecule has 0 bridgehead atoms. The predicted octanol–water partition coefficient (Wildman–Crippen LogP) is 5.24. The largest absolute Gasteiger partial charge is 0.345 e. The summed E-state index contributed by atoms with van der Waals surface area (Å²) in [6.07, 6.45) is 1.58. The second-order valence-corrected chi connectivity index (χ2v) is 5.42. The topological polar surface area (TPSA) is 28.7 Å². The number of halogens is 2. The van der Waals surface area contributed by atoms with Crippen molar-refractivity contribution in [1.29, 1.82) is 0 Å². The van der Waals surface area contributed by atoms with Gasteiger partial charge in [0.25, 0.3) is 0 Å². The molecule has 0 fully saturated rings. The number of nitrogens with one attached hydrogen (secondary N) is 1. The van der Waals surface area contributed by atoms with Crippen molar-refractivity contribution in [2.45, 2.75) is 19.8 Å². The number of nitrogens with zero attached hydrogens (tertiary/aromatic N) is 1. The summed E-state index contributed by atoms with van der Waals surface area (Å²) in [6.45, 7) is 4.14. The average Bonchev–Trinajstić information content (AvgIpc) is 2.32. The molecule has 0 spiro atoms. The van der Waals surface area contributed by atoms with Gasteiger partial charge in [-0.1, -0.05) is 61.4 Å². The Kier molecular flexibility index (Phi) is 4.05. The van der Waals surface area contributed by atoms with Gasteiger partial charge in [0.05, 0.1) is 22.1 Å². The first-order valence-electron chi connectivity index (χ1n) is 5.54. The van der Waals surface area contributed by atoms with Gasteiger partial charge in [0, 0.05) is 11.1 Å². The van der Waals surface area contributed by atoms with Crippen molar-refractivity contribution in [1.82, 2.24) is 9.97 Å². The van der Waals surface area contributed by atoms with Gasteiger partial charge in [-0.25, -0.2) is 4.98 Å². The normalized spacial score (nSPS) is 10.9. The Labute approximate surface area is 121 Å². The van der Waals surface area contributed by atoms with Crippen molar-refractivity contribution in [2.75, 3.05) is 0 Å². The van der Waals surface area contributed by atoms with E-state index in [0.29, 0.717) is 14.7 Å². The molecular formula is C13H12Cl2N2S. The molecule has 18 heavy (non-hydrogen) atoms. The molecule has 1 aromatic carbocycles. The average molecular weight is 299 g/mol. The first-order chi connectivity index (χ1) is 8.52. The molecule has 0 aliphatic heterocycles. The Morgan fingerprint density at radius 2 is 2.00 bits per heavy atom. The van der Waals surface area contributed by atoms with Crippen LogP contribution in [-0.2, 0) is 0 Å². The molecule has 0 saturated heterocycles. The van der Waals surface area contributed by atoms with Crippen LogP contribution in [0.3, 0.4) is 0 Å². The van der Waals surface area contributed by atoms with Gasteiger partial charge in [0.2, 0.25) is 0 Å². The number of aromatic amines is 1. The van der Waals surface area contributed by atoms with E-state index in [4.69, 9.17) is 35.4 Å². The lowest BCUT2D eigenvalue weighted by molar-refractivity contribution is 0.844. The Bertz CT molecular complexity index is 635. The molecule has 2 nitrogen and oxygen atoms in total. The molecule has 0 unspecified atom stereocenters. The quantitative estimate of drug-likeness (QED) is 0.768. The van der Waals surface area contributed by atoms with Crippen molar-refractivity contribution in [3.8, 4) is 11.3 Å². The highest BCUT2D eigenvalue weighted by atomic mass is 35.5. The Morgan fingerprint density at radius 1 is 1.28 bits per heavy atom. The standard InChI is InChI=1S/C13H12Cl2N2S/c1-7(2)10-12(16-6-17-13(10)18)8-4-3-5-9(14)11(8)15/h3-7H,1-2H3,(H,16,17,18). The molecule has 2 rings (SSSR count). The molecule has 0 saturated carbocycles. The molecule has 0 atom stereocenters. The first kappa shape index (κ1) is 13.5. The zero-order valence-electron chi connectivity index (χ0n) is 10.00. The number of H-pyrrole nitrogens is 1. The van der Waals surface area contributed by atoms with Crippen molar-refractivity contribution < 1.29 is 0 Å². The molecule has 0 radical (unpaired) electrons. The summed E-state index contributed by atoms with van der Waals surface area (Å²) in [7, 11) is 0. The van der Waals surface area contributed by atoms with Gasteiger partial charge < -0.3 is 4.98 Å². The van der Waals surface area contributed by atoms with Gasteiger partial charge in [0.15, 0.2) is 0 Å². The number of rotatable bonds is 2. The van der Waals surface area contributed by atoms with Gasteiger partial charge in [-0.15, -0.1) is 0 Å². The summed E-state index contributed by atoms with van der Waals surface area (Å²) >= 11 is 17.6. The summed E-state index contributed by atoms with van der Waals surface area (Å²) in [5.74, 6) is 0.257. The minimum Gasteiger partial charge on any atom is -0.345 e. The summed E-state index contributed by atoms with van der Waals surface area (Å²) in [6, 6.07) is 5.55. The van der Waals surface area contributed by atoms with Crippen LogP contribution in [0.25, 0.3) is 11.3 Å². The highest BCUT2D eigenvalue weighted by molar-refractivity contribution is 7.71. The fourth-order valence-electron chi connectivity index (χ4n) is 1.87. The lowest BCUT2D eigenvalue weighted by Crippen LogP contribution is -1.99. The van der Waals surface area contributed by atoms with Crippen LogP contribution >= 0.6 is 35.4 Å². The Balaban J connectivity index is 2.76. The van der Waals surface area contributed by atoms with Gasteiger partial charge in [-0.2, -0.15) is 0 Å². The highest BCUT2D eigenvalue weighted by Gasteiger charge is 2.15. The van der Waals surface area contributed by atoms with E-state index in [1.54, 1.807) is 12.4 Å². The maximum absolute atomic E-state index is 6.25. The second kappa shape index (κ2) is 5.39. The van der Waals surface area contributed by atoms with Crippen LogP contribution in [0.4, 0.5) is 0 Å². The molecule has 94 valence electrons. The van der Waals surface area contributed by atoms with Crippen molar-refractivity contribution >= 4 is 35.4 Å². The number of hydrogen-bond donors (Lipinski definition) is 1. The summed E-state index contributed by atoms with van der Waals surface area (Å²) in [4.78, 5) is 7.24. The third-order valence-corrected chi connectivity index (χ3v) is 3.83. The third kappa shape index (κ3) is 2.44. The van der Waals surface area contributed by atoms with Crippen LogP contribution in [0.15, 0.2) is 24.5 Å². The summed E-state index contributed by atoms with van der Waals surface area (Å²) < 4.78 is 0.592. The van der Waals surface area contributed by atoms with Crippen LogP contribution in [0, 0.1) is 4.64 Å². The minimum absolute atomic E-state index is 0.257. The fraction of sp³-hybridized carbons (Fsp3) is 0.231. The fourth-order valence-corrected chi connectivity index (χ4v) is 2.65. The first-order valence-corrected chi connectivity index (χ1v) is 6.70. The maximum atomic E-state index is 6.25. The number of hydrogen-bond acceptors (Lipinski definition) is 2. The van der Waals surface area contributed by atoms with E-state index in [2.05, 4.69) is 23.8 Å². The van der Waals surface area contributed by atoms with Crippen LogP contribution in [0.2, 0.25) is 10.0 Å². The Hall–Kier alpha value is -0.900. The molecule has 0 amide bonds. The molecule has 1 heterocycles. The van der Waals surface area contributed by atoms with Crippen LogP contribution < -0.4 is 0 Å². The van der Waals surface area contributed by atoms with E-state index in [-0.39, 0.29) is 5.92 Å². The summed E-state index contributed by atoms with van der Waals surface area (Å²) in [5, 5.41) is 1.05. The van der Waals surface area contributed by atoms with Crippen molar-refractivity contribution in [2.24, 2.45) is 0 Å². The lowest BCUT2D eigenvalue weighted by Gasteiger charge is -2.13. The van der Waals surface area contributed by atoms with Crippen molar-refractivity contribution in [3.63, 3.8) is 0 Å². The Morgan fingerprint density at radius 3 is 2.67 bits per heavy atom. The maximum Gasteiger partial charge on any atom is 0.133 e. The number of benzene rings is 1.